The van der Waals surface area contributed by atoms with Gasteiger partial charge in [0, 0.05) is 0 Å². The lowest BCUT2D eigenvalue weighted by molar-refractivity contribution is -0.143. The Bertz CT molecular complexity index is 636. The maximum absolute atomic E-state index is 12.9. The van der Waals surface area contributed by atoms with E-state index in [0.29, 0.717) is 32.2 Å². The van der Waals surface area contributed by atoms with Gasteiger partial charge in [0.1, 0.15) is 18.1 Å². The van der Waals surface area contributed by atoms with Gasteiger partial charge < -0.3 is 37.2 Å². The van der Waals surface area contributed by atoms with Gasteiger partial charge in [-0.25, -0.2) is 4.79 Å². The fourth-order valence-corrected chi connectivity index (χ4v) is 3.55. The number of carboxylic acids is 1. The molecule has 1 aliphatic rings. The van der Waals surface area contributed by atoms with Crippen LogP contribution >= 0.6 is 0 Å². The number of nitrogens with two attached hydrogens (primary N) is 1. The second-order valence-electron chi connectivity index (χ2n) is 8.75. The summed E-state index contributed by atoms with van der Waals surface area (Å²) in [5.41, 5.74) is 5.42. The maximum Gasteiger partial charge on any atom is 0.326 e. The predicted octanol–water partition coefficient (Wildman–Crippen LogP) is -1.17. The minimum atomic E-state index is -1.37. The highest BCUT2D eigenvalue weighted by atomic mass is 16.4. The van der Waals surface area contributed by atoms with E-state index in [9.17, 15) is 29.4 Å². The van der Waals surface area contributed by atoms with Crippen molar-refractivity contribution in [2.45, 2.75) is 89.6 Å². The smallest absolute Gasteiger partial charge is 0.326 e. The number of carbonyl (C=O) groups excluding carboxylic acids is 3. The van der Waals surface area contributed by atoms with Crippen LogP contribution in [0.4, 0.5) is 0 Å². The number of aliphatic carboxylic acids is 1. The van der Waals surface area contributed by atoms with Crippen molar-refractivity contribution in [2.24, 2.45) is 11.7 Å². The van der Waals surface area contributed by atoms with Crippen LogP contribution in [-0.2, 0) is 19.2 Å². The van der Waals surface area contributed by atoms with E-state index >= 15 is 0 Å². The molecule has 0 aliphatic carbocycles. The Labute approximate surface area is 189 Å². The molecule has 0 bridgehead atoms. The molecule has 5 unspecified atom stereocenters. The lowest BCUT2D eigenvalue weighted by Crippen LogP contribution is -2.60. The minimum absolute atomic E-state index is 0.0837. The standard InChI is InChI=1S/C21H39N5O6/c1-12(2)11-16(25-18(28)14-8-6-10-23-14)19(29)26-17(13(3)27)20(30)24-15(21(31)32)7-4-5-9-22/h12-17,23,27H,4-11,22H2,1-3H3,(H,24,30)(H,25,28)(H,26,29)(H,31,32). The van der Waals surface area contributed by atoms with Crippen LogP contribution in [0.15, 0.2) is 0 Å². The first-order valence-corrected chi connectivity index (χ1v) is 11.3. The molecule has 0 radical (unpaired) electrons. The van der Waals surface area contributed by atoms with E-state index in [2.05, 4.69) is 21.3 Å². The van der Waals surface area contributed by atoms with Gasteiger partial charge in [0.05, 0.1) is 12.1 Å². The van der Waals surface area contributed by atoms with Crippen LogP contribution in [0.3, 0.4) is 0 Å². The van der Waals surface area contributed by atoms with Crippen molar-refractivity contribution >= 4 is 23.7 Å². The first-order valence-electron chi connectivity index (χ1n) is 11.3. The van der Waals surface area contributed by atoms with E-state index in [0.717, 1.165) is 13.0 Å². The van der Waals surface area contributed by atoms with Crippen LogP contribution in [0.25, 0.3) is 0 Å². The number of aliphatic hydroxyl groups excluding tert-OH is 1. The van der Waals surface area contributed by atoms with Crippen molar-refractivity contribution in [3.8, 4) is 0 Å². The molecule has 0 saturated carbocycles. The van der Waals surface area contributed by atoms with Crippen LogP contribution in [0.5, 0.6) is 0 Å². The van der Waals surface area contributed by atoms with Crippen molar-refractivity contribution < 1.29 is 29.4 Å². The lowest BCUT2D eigenvalue weighted by atomic mass is 10.0. The van der Waals surface area contributed by atoms with Gasteiger partial charge in [0.25, 0.3) is 0 Å². The summed E-state index contributed by atoms with van der Waals surface area (Å²) in [5, 5.41) is 30.1. The molecule has 184 valence electrons. The number of amides is 3. The number of unbranched alkanes of at least 4 members (excludes halogenated alkanes) is 1. The van der Waals surface area contributed by atoms with Crippen molar-refractivity contribution in [1.82, 2.24) is 21.3 Å². The van der Waals surface area contributed by atoms with E-state index in [4.69, 9.17) is 5.73 Å². The summed E-state index contributed by atoms with van der Waals surface area (Å²) in [6, 6.07) is -3.78. The van der Waals surface area contributed by atoms with Gasteiger partial charge in [-0.05, 0) is 64.5 Å². The minimum Gasteiger partial charge on any atom is -0.480 e. The summed E-state index contributed by atoms with van der Waals surface area (Å²) in [6.07, 6.45) is 1.93. The summed E-state index contributed by atoms with van der Waals surface area (Å²) in [6.45, 7) is 6.27. The molecule has 8 N–H and O–H groups in total. The molecule has 1 fully saturated rings. The highest BCUT2D eigenvalue weighted by Gasteiger charge is 2.33. The van der Waals surface area contributed by atoms with Gasteiger partial charge in [0.2, 0.25) is 17.7 Å². The number of aliphatic hydroxyl groups is 1. The molecule has 11 heteroatoms. The molecular formula is C21H39N5O6. The van der Waals surface area contributed by atoms with Crippen molar-refractivity contribution in [2.75, 3.05) is 13.1 Å². The lowest BCUT2D eigenvalue weighted by Gasteiger charge is -2.27. The Kier molecular flexibility index (Phi) is 12.2. The number of carbonyl (C=O) groups is 4. The van der Waals surface area contributed by atoms with Crippen LogP contribution in [-0.4, -0.2) is 77.3 Å². The van der Waals surface area contributed by atoms with Gasteiger partial charge in [-0.15, -0.1) is 0 Å². The van der Waals surface area contributed by atoms with Crippen LogP contribution in [0, 0.1) is 5.92 Å². The Balaban J connectivity index is 2.83. The van der Waals surface area contributed by atoms with Gasteiger partial charge in [0.15, 0.2) is 0 Å². The number of hydrogen-bond acceptors (Lipinski definition) is 7. The Morgan fingerprint density at radius 2 is 1.72 bits per heavy atom. The average Bonchev–Trinajstić information content (AvgIpc) is 3.24. The summed E-state index contributed by atoms with van der Waals surface area (Å²) in [5.74, 6) is -2.82. The number of hydrogen-bond donors (Lipinski definition) is 7. The second-order valence-corrected chi connectivity index (χ2v) is 8.75. The number of carboxylic acid groups (broad SMARTS) is 1. The Hall–Kier alpha value is -2.24. The molecular weight excluding hydrogens is 418 g/mol. The SMILES string of the molecule is CC(C)CC(NC(=O)C1CCCN1)C(=O)NC(C(=O)NC(CCCCN)C(=O)O)C(C)O. The summed E-state index contributed by atoms with van der Waals surface area (Å²) < 4.78 is 0. The molecule has 0 aromatic heterocycles. The normalized spacial score (nSPS) is 19.6. The third kappa shape index (κ3) is 9.49. The summed E-state index contributed by atoms with van der Waals surface area (Å²) >= 11 is 0. The zero-order valence-corrected chi connectivity index (χ0v) is 19.2. The van der Waals surface area contributed by atoms with Gasteiger partial charge in [-0.1, -0.05) is 13.8 Å². The van der Waals surface area contributed by atoms with E-state index in [1.807, 2.05) is 13.8 Å². The van der Waals surface area contributed by atoms with Crippen LogP contribution < -0.4 is 27.0 Å². The average molecular weight is 458 g/mol. The van der Waals surface area contributed by atoms with Gasteiger partial charge >= 0.3 is 5.97 Å². The van der Waals surface area contributed by atoms with Gasteiger partial charge in [-0.2, -0.15) is 0 Å². The van der Waals surface area contributed by atoms with Crippen molar-refractivity contribution in [3.63, 3.8) is 0 Å². The van der Waals surface area contributed by atoms with Crippen LogP contribution in [0.2, 0.25) is 0 Å². The Morgan fingerprint density at radius 1 is 1.03 bits per heavy atom. The maximum atomic E-state index is 12.9. The van der Waals surface area contributed by atoms with E-state index in [-0.39, 0.29) is 24.3 Å². The fraction of sp³-hybridized carbons (Fsp3) is 0.810. The molecule has 1 rings (SSSR count). The predicted molar refractivity (Wildman–Crippen MR) is 118 cm³/mol. The molecule has 1 aliphatic heterocycles. The third-order valence-corrected chi connectivity index (χ3v) is 5.34. The molecule has 0 aromatic rings. The third-order valence-electron chi connectivity index (χ3n) is 5.34. The van der Waals surface area contributed by atoms with E-state index in [1.165, 1.54) is 6.92 Å². The first-order chi connectivity index (χ1) is 15.1. The highest BCUT2D eigenvalue weighted by Crippen LogP contribution is 2.10. The zero-order chi connectivity index (χ0) is 24.3. The monoisotopic (exact) mass is 457 g/mol. The fourth-order valence-electron chi connectivity index (χ4n) is 3.55. The van der Waals surface area contributed by atoms with Crippen molar-refractivity contribution in [3.05, 3.63) is 0 Å². The molecule has 32 heavy (non-hydrogen) atoms. The molecule has 0 spiro atoms. The number of nitrogens with one attached hydrogen (secondary N) is 4. The largest absolute Gasteiger partial charge is 0.480 e. The van der Waals surface area contributed by atoms with E-state index < -0.39 is 42.0 Å². The molecule has 1 saturated heterocycles. The molecule has 5 atom stereocenters. The number of rotatable bonds is 14. The molecule has 11 nitrogen and oxygen atoms in total. The Morgan fingerprint density at radius 3 is 2.22 bits per heavy atom. The molecule has 3 amide bonds. The van der Waals surface area contributed by atoms with E-state index in [1.54, 1.807) is 0 Å². The highest BCUT2D eigenvalue weighted by molar-refractivity contribution is 5.94. The quantitative estimate of drug-likeness (QED) is 0.159. The molecule has 1 heterocycles. The topological polar surface area (TPSA) is 183 Å². The second kappa shape index (κ2) is 14.0. The van der Waals surface area contributed by atoms with Crippen LogP contribution in [0.1, 0.15) is 59.3 Å². The summed E-state index contributed by atoms with van der Waals surface area (Å²) in [4.78, 5) is 49.5. The zero-order valence-electron chi connectivity index (χ0n) is 19.2. The summed E-state index contributed by atoms with van der Waals surface area (Å²) in [7, 11) is 0. The first kappa shape index (κ1) is 27.8. The van der Waals surface area contributed by atoms with Crippen molar-refractivity contribution in [1.29, 1.82) is 0 Å². The van der Waals surface area contributed by atoms with Gasteiger partial charge in [-0.3, -0.25) is 14.4 Å². The molecule has 0 aromatic carbocycles.